The van der Waals surface area contributed by atoms with Crippen LogP contribution in [0, 0.1) is 0 Å². The monoisotopic (exact) mass is 465 g/mol. The van der Waals surface area contributed by atoms with E-state index in [9.17, 15) is 18.0 Å². The van der Waals surface area contributed by atoms with Crippen LogP contribution in [0.25, 0.3) is 33.9 Å². The number of halogens is 3. The topological polar surface area (TPSA) is 95.9 Å². The van der Waals surface area contributed by atoms with Crippen molar-refractivity contribution in [2.75, 3.05) is 0 Å². The molecule has 170 valence electrons. The lowest BCUT2D eigenvalue weighted by Gasteiger charge is -2.06. The lowest BCUT2D eigenvalue weighted by molar-refractivity contribution is -0.137. The zero-order chi connectivity index (χ0) is 23.9. The van der Waals surface area contributed by atoms with Crippen molar-refractivity contribution in [3.63, 3.8) is 0 Å². The Morgan fingerprint density at radius 2 is 1.82 bits per heavy atom. The highest BCUT2D eigenvalue weighted by Crippen LogP contribution is 2.31. The minimum Gasteiger partial charge on any atom is -0.437 e. The summed E-state index contributed by atoms with van der Waals surface area (Å²) < 4.78 is 50.9. The third-order valence-corrected chi connectivity index (χ3v) is 5.14. The maximum Gasteiger partial charge on any atom is 0.416 e. The maximum atomic E-state index is 12.7. The van der Waals surface area contributed by atoms with E-state index in [4.69, 9.17) is 9.26 Å². The Kier molecular flexibility index (Phi) is 5.08. The number of rotatable bonds is 5. The van der Waals surface area contributed by atoms with Crippen molar-refractivity contribution in [1.82, 2.24) is 24.7 Å². The zero-order valence-electron chi connectivity index (χ0n) is 17.4. The van der Waals surface area contributed by atoms with Crippen molar-refractivity contribution >= 4 is 17.2 Å². The van der Waals surface area contributed by atoms with Crippen LogP contribution in [-0.2, 0) is 13.2 Å². The Morgan fingerprint density at radius 1 is 1.03 bits per heavy atom. The standard InChI is InChI=1S/C23H14F3N5O3/c1-31-16(12-32)8-14-4-7-17(9-19(14)31)33-20-11-27-18(10-28-20)22-29-21(30-34-22)13-2-5-15(6-3-13)23(24,25)26/h2-12H,1H3. The Bertz CT molecular complexity index is 1490. The number of carbonyl (C=O) groups is 1. The average molecular weight is 465 g/mol. The predicted molar refractivity (Wildman–Crippen MR) is 114 cm³/mol. The van der Waals surface area contributed by atoms with Crippen LogP contribution in [0.1, 0.15) is 16.1 Å². The van der Waals surface area contributed by atoms with E-state index in [0.29, 0.717) is 17.0 Å². The first kappa shape index (κ1) is 21.3. The molecular weight excluding hydrogens is 451 g/mol. The zero-order valence-corrected chi connectivity index (χ0v) is 17.4. The molecule has 11 heteroatoms. The van der Waals surface area contributed by atoms with Gasteiger partial charge in [0.2, 0.25) is 11.7 Å². The SMILES string of the molecule is Cn1c(C=O)cc2ccc(Oc3cnc(-c4nc(-c5ccc(C(F)(F)F)cc5)no4)cn3)cc21. The Balaban J connectivity index is 1.33. The van der Waals surface area contributed by atoms with E-state index in [1.807, 2.05) is 6.07 Å². The average Bonchev–Trinajstić information content (AvgIpc) is 3.44. The largest absolute Gasteiger partial charge is 0.437 e. The van der Waals surface area contributed by atoms with Crippen LogP contribution in [0.3, 0.4) is 0 Å². The highest BCUT2D eigenvalue weighted by molar-refractivity contribution is 5.89. The normalized spacial score (nSPS) is 11.6. The third-order valence-electron chi connectivity index (χ3n) is 5.14. The number of hydrogen-bond acceptors (Lipinski definition) is 7. The Morgan fingerprint density at radius 3 is 2.50 bits per heavy atom. The molecule has 0 aliphatic carbocycles. The summed E-state index contributed by atoms with van der Waals surface area (Å²) in [5, 5.41) is 4.70. The molecule has 3 aromatic heterocycles. The van der Waals surface area contributed by atoms with E-state index >= 15 is 0 Å². The predicted octanol–water partition coefficient (Wildman–Crippen LogP) is 5.31. The summed E-state index contributed by atoms with van der Waals surface area (Å²) in [6.07, 6.45) is -0.884. The fraction of sp³-hybridized carbons (Fsp3) is 0.0870. The van der Waals surface area contributed by atoms with Gasteiger partial charge in [0, 0.05) is 24.1 Å². The molecule has 0 spiro atoms. The summed E-state index contributed by atoms with van der Waals surface area (Å²) in [6, 6.07) is 11.6. The first-order chi connectivity index (χ1) is 16.3. The molecule has 0 aliphatic rings. The second kappa shape index (κ2) is 8.10. The fourth-order valence-electron chi connectivity index (χ4n) is 3.36. The van der Waals surface area contributed by atoms with Crippen LogP contribution in [0.5, 0.6) is 11.6 Å². The van der Waals surface area contributed by atoms with Crippen LogP contribution in [0.2, 0.25) is 0 Å². The molecule has 0 saturated carbocycles. The van der Waals surface area contributed by atoms with Gasteiger partial charge < -0.3 is 13.8 Å². The highest BCUT2D eigenvalue weighted by Gasteiger charge is 2.30. The molecule has 3 heterocycles. The minimum absolute atomic E-state index is 0.0561. The Hall–Kier alpha value is -4.54. The number of hydrogen-bond donors (Lipinski definition) is 0. The van der Waals surface area contributed by atoms with Gasteiger partial charge in [0.15, 0.2) is 6.29 Å². The summed E-state index contributed by atoms with van der Waals surface area (Å²) in [4.78, 5) is 23.7. The first-order valence-electron chi connectivity index (χ1n) is 9.88. The molecule has 0 saturated heterocycles. The van der Waals surface area contributed by atoms with Crippen molar-refractivity contribution in [2.45, 2.75) is 6.18 Å². The number of nitrogens with zero attached hydrogens (tertiary/aromatic N) is 5. The molecule has 34 heavy (non-hydrogen) atoms. The second-order valence-corrected chi connectivity index (χ2v) is 7.31. The molecule has 0 N–H and O–H groups in total. The lowest BCUT2D eigenvalue weighted by atomic mass is 10.1. The number of alkyl halides is 3. The number of aldehydes is 1. The van der Waals surface area contributed by atoms with Crippen molar-refractivity contribution in [1.29, 1.82) is 0 Å². The highest BCUT2D eigenvalue weighted by atomic mass is 19.4. The molecule has 0 fully saturated rings. The van der Waals surface area contributed by atoms with Crippen molar-refractivity contribution in [2.24, 2.45) is 7.05 Å². The summed E-state index contributed by atoms with van der Waals surface area (Å²) in [7, 11) is 1.79. The Labute approximate surface area is 189 Å². The number of fused-ring (bicyclic) bond motifs is 1. The van der Waals surface area contributed by atoms with Gasteiger partial charge in [0.05, 0.1) is 29.2 Å². The summed E-state index contributed by atoms with van der Waals surface area (Å²) in [5.41, 5.74) is 1.24. The van der Waals surface area contributed by atoms with Gasteiger partial charge in [-0.1, -0.05) is 17.3 Å². The molecule has 8 nitrogen and oxygen atoms in total. The number of aromatic nitrogens is 5. The second-order valence-electron chi connectivity index (χ2n) is 7.31. The van der Waals surface area contributed by atoms with E-state index in [-0.39, 0.29) is 23.3 Å². The van der Waals surface area contributed by atoms with Crippen molar-refractivity contribution in [3.05, 3.63) is 72.2 Å². The molecule has 5 rings (SSSR count). The summed E-state index contributed by atoms with van der Waals surface area (Å²) >= 11 is 0. The van der Waals surface area contributed by atoms with E-state index in [1.165, 1.54) is 24.5 Å². The van der Waals surface area contributed by atoms with E-state index < -0.39 is 11.7 Å². The molecule has 0 radical (unpaired) electrons. The smallest absolute Gasteiger partial charge is 0.416 e. The van der Waals surface area contributed by atoms with Gasteiger partial charge in [-0.2, -0.15) is 18.2 Å². The molecule has 0 amide bonds. The first-order valence-corrected chi connectivity index (χ1v) is 9.88. The van der Waals surface area contributed by atoms with Gasteiger partial charge in [-0.05, 0) is 30.3 Å². The van der Waals surface area contributed by atoms with Gasteiger partial charge in [-0.3, -0.25) is 4.79 Å². The molecule has 0 unspecified atom stereocenters. The molecule has 0 aliphatic heterocycles. The van der Waals surface area contributed by atoms with Crippen LogP contribution in [-0.4, -0.2) is 31.0 Å². The third kappa shape index (κ3) is 3.98. The van der Waals surface area contributed by atoms with Gasteiger partial charge in [0.1, 0.15) is 11.4 Å². The van der Waals surface area contributed by atoms with Crippen LogP contribution >= 0.6 is 0 Å². The molecular formula is C23H14F3N5O3. The maximum absolute atomic E-state index is 12.7. The van der Waals surface area contributed by atoms with Crippen LogP contribution < -0.4 is 4.74 Å². The summed E-state index contributed by atoms with van der Waals surface area (Å²) in [6.45, 7) is 0. The number of carbonyl (C=O) groups excluding carboxylic acids is 1. The van der Waals surface area contributed by atoms with Gasteiger partial charge in [-0.25, -0.2) is 9.97 Å². The quantitative estimate of drug-likeness (QED) is 0.325. The van der Waals surface area contributed by atoms with Gasteiger partial charge in [0.25, 0.3) is 5.89 Å². The molecule has 0 bridgehead atoms. The van der Waals surface area contributed by atoms with Crippen molar-refractivity contribution < 1.29 is 27.2 Å². The molecule has 5 aromatic rings. The van der Waals surface area contributed by atoms with Gasteiger partial charge >= 0.3 is 6.18 Å². The summed E-state index contributed by atoms with van der Waals surface area (Å²) in [5.74, 6) is 0.906. The number of ether oxygens (including phenoxy) is 1. The van der Waals surface area contributed by atoms with Crippen LogP contribution in [0.4, 0.5) is 13.2 Å². The minimum atomic E-state index is -4.43. The molecule has 0 atom stereocenters. The van der Waals surface area contributed by atoms with Crippen LogP contribution in [0.15, 0.2) is 65.4 Å². The van der Waals surface area contributed by atoms with E-state index in [2.05, 4.69) is 20.1 Å². The van der Waals surface area contributed by atoms with Crippen molar-refractivity contribution in [3.8, 4) is 34.6 Å². The lowest BCUT2D eigenvalue weighted by Crippen LogP contribution is -2.04. The van der Waals surface area contributed by atoms with E-state index in [0.717, 1.165) is 29.3 Å². The number of aryl methyl sites for hydroxylation is 1. The number of benzene rings is 2. The van der Waals surface area contributed by atoms with E-state index in [1.54, 1.807) is 29.8 Å². The van der Waals surface area contributed by atoms with Gasteiger partial charge in [-0.15, -0.1) is 0 Å². The fourth-order valence-corrected chi connectivity index (χ4v) is 3.36. The molecule has 2 aromatic carbocycles.